The number of benzene rings is 1. The predicted molar refractivity (Wildman–Crippen MR) is 62.2 cm³/mol. The molecule has 86 valence electrons. The van der Waals surface area contributed by atoms with Crippen molar-refractivity contribution in [3.63, 3.8) is 0 Å². The van der Waals surface area contributed by atoms with E-state index in [-0.39, 0.29) is 11.4 Å². The fourth-order valence-electron chi connectivity index (χ4n) is 2.49. The van der Waals surface area contributed by atoms with Gasteiger partial charge in [0.25, 0.3) is 0 Å². The van der Waals surface area contributed by atoms with Crippen LogP contribution in [0.25, 0.3) is 0 Å². The number of hydrogen-bond acceptors (Lipinski definition) is 1. The molecule has 0 radical (unpaired) electrons. The zero-order chi connectivity index (χ0) is 11.5. The maximum Gasteiger partial charge on any atom is 0.152 e. The van der Waals surface area contributed by atoms with Crippen molar-refractivity contribution >= 4 is 6.29 Å². The molecule has 0 saturated heterocycles. The first-order valence-electron chi connectivity index (χ1n) is 5.95. The fourth-order valence-corrected chi connectivity index (χ4v) is 2.49. The van der Waals surface area contributed by atoms with E-state index in [1.807, 2.05) is 6.07 Å². The Morgan fingerprint density at radius 3 is 2.50 bits per heavy atom. The summed E-state index contributed by atoms with van der Waals surface area (Å²) in [5, 5.41) is 0. The summed E-state index contributed by atoms with van der Waals surface area (Å²) in [4.78, 5) is 10.5. The normalized spacial score (nSPS) is 25.4. The second kappa shape index (κ2) is 4.77. The summed E-state index contributed by atoms with van der Waals surface area (Å²) < 4.78 is 13.5. The zero-order valence-electron chi connectivity index (χ0n) is 9.58. The molecule has 0 unspecified atom stereocenters. The highest BCUT2D eigenvalue weighted by Crippen LogP contribution is 2.35. The third-order valence-corrected chi connectivity index (χ3v) is 3.64. The summed E-state index contributed by atoms with van der Waals surface area (Å²) in [7, 11) is 0. The van der Waals surface area contributed by atoms with Gasteiger partial charge in [0, 0.05) is 0 Å². The molecule has 0 bridgehead atoms. The van der Waals surface area contributed by atoms with Crippen molar-refractivity contribution in [1.82, 2.24) is 0 Å². The Balaban J connectivity index is 2.15. The van der Waals surface area contributed by atoms with Crippen LogP contribution in [0.3, 0.4) is 0 Å². The molecule has 1 aromatic rings. The molecular weight excluding hydrogens is 203 g/mol. The van der Waals surface area contributed by atoms with Crippen LogP contribution in [0.1, 0.15) is 54.4 Å². The van der Waals surface area contributed by atoms with Gasteiger partial charge in [0.2, 0.25) is 0 Å². The monoisotopic (exact) mass is 220 g/mol. The third kappa shape index (κ3) is 2.31. The van der Waals surface area contributed by atoms with E-state index in [1.165, 1.54) is 18.9 Å². The summed E-state index contributed by atoms with van der Waals surface area (Å²) in [6.45, 7) is 2.27. The van der Waals surface area contributed by atoms with Crippen LogP contribution in [-0.4, -0.2) is 6.29 Å². The largest absolute Gasteiger partial charge is 0.298 e. The second-order valence-corrected chi connectivity index (χ2v) is 4.86. The molecule has 0 atom stereocenters. The van der Waals surface area contributed by atoms with Crippen LogP contribution < -0.4 is 0 Å². The van der Waals surface area contributed by atoms with Crippen LogP contribution in [0, 0.1) is 11.7 Å². The molecule has 1 nitrogen and oxygen atoms in total. The Kier molecular flexibility index (Phi) is 3.37. The van der Waals surface area contributed by atoms with Crippen molar-refractivity contribution in [2.45, 2.75) is 38.5 Å². The molecule has 1 aromatic carbocycles. The molecular formula is C14H17FO. The number of hydrogen-bond donors (Lipinski definition) is 0. The van der Waals surface area contributed by atoms with E-state index in [4.69, 9.17) is 0 Å². The number of halogens is 1. The maximum absolute atomic E-state index is 13.5. The summed E-state index contributed by atoms with van der Waals surface area (Å²) >= 11 is 0. The van der Waals surface area contributed by atoms with Crippen molar-refractivity contribution in [1.29, 1.82) is 0 Å². The molecule has 1 aliphatic rings. The van der Waals surface area contributed by atoms with Gasteiger partial charge in [-0.1, -0.05) is 25.8 Å². The summed E-state index contributed by atoms with van der Waals surface area (Å²) in [6.07, 6.45) is 5.30. The van der Waals surface area contributed by atoms with Crippen LogP contribution in [0.2, 0.25) is 0 Å². The van der Waals surface area contributed by atoms with E-state index in [9.17, 15) is 9.18 Å². The summed E-state index contributed by atoms with van der Waals surface area (Å²) in [5.41, 5.74) is 1.21. The molecule has 0 aromatic heterocycles. The van der Waals surface area contributed by atoms with E-state index in [0.717, 1.165) is 24.3 Å². The Morgan fingerprint density at radius 2 is 1.94 bits per heavy atom. The van der Waals surface area contributed by atoms with E-state index in [0.29, 0.717) is 12.2 Å². The molecule has 0 spiro atoms. The molecule has 0 heterocycles. The van der Waals surface area contributed by atoms with Crippen LogP contribution in [0.4, 0.5) is 4.39 Å². The van der Waals surface area contributed by atoms with Crippen molar-refractivity contribution < 1.29 is 9.18 Å². The maximum atomic E-state index is 13.5. The Morgan fingerprint density at radius 1 is 1.25 bits per heavy atom. The van der Waals surface area contributed by atoms with Crippen molar-refractivity contribution in [2.24, 2.45) is 5.92 Å². The van der Waals surface area contributed by atoms with Gasteiger partial charge in [-0.15, -0.1) is 0 Å². The minimum Gasteiger partial charge on any atom is -0.298 e. The average Bonchev–Trinajstić information content (AvgIpc) is 2.30. The predicted octanol–water partition coefficient (Wildman–Crippen LogP) is 3.93. The van der Waals surface area contributed by atoms with E-state index >= 15 is 0 Å². The van der Waals surface area contributed by atoms with Crippen LogP contribution >= 0.6 is 0 Å². The van der Waals surface area contributed by atoms with Gasteiger partial charge in [0.05, 0.1) is 5.56 Å². The van der Waals surface area contributed by atoms with Gasteiger partial charge in [-0.05, 0) is 42.4 Å². The lowest BCUT2D eigenvalue weighted by Crippen LogP contribution is -2.11. The fraction of sp³-hybridized carbons (Fsp3) is 0.500. The highest BCUT2D eigenvalue weighted by atomic mass is 19.1. The van der Waals surface area contributed by atoms with Gasteiger partial charge in [0.15, 0.2) is 6.29 Å². The first-order chi connectivity index (χ1) is 7.70. The minimum atomic E-state index is -0.383. The molecule has 1 saturated carbocycles. The zero-order valence-corrected chi connectivity index (χ0v) is 9.58. The number of rotatable bonds is 2. The molecule has 0 aliphatic heterocycles. The van der Waals surface area contributed by atoms with E-state index in [1.54, 1.807) is 6.07 Å². The van der Waals surface area contributed by atoms with Crippen LogP contribution in [-0.2, 0) is 0 Å². The highest BCUT2D eigenvalue weighted by molar-refractivity contribution is 5.75. The smallest absolute Gasteiger partial charge is 0.152 e. The quantitative estimate of drug-likeness (QED) is 0.690. The van der Waals surface area contributed by atoms with Gasteiger partial charge in [-0.2, -0.15) is 0 Å². The molecule has 0 N–H and O–H groups in total. The van der Waals surface area contributed by atoms with Gasteiger partial charge in [-0.3, -0.25) is 4.79 Å². The standard InChI is InChI=1S/C14H17FO/c1-10-2-4-11(5-3-10)12-6-7-13(9-16)14(15)8-12/h6-11H,2-5H2,1H3. The van der Waals surface area contributed by atoms with Crippen molar-refractivity contribution in [3.05, 3.63) is 35.1 Å². The lowest BCUT2D eigenvalue weighted by Gasteiger charge is -2.26. The van der Waals surface area contributed by atoms with Crippen LogP contribution in [0.15, 0.2) is 18.2 Å². The Labute approximate surface area is 95.7 Å². The van der Waals surface area contributed by atoms with Gasteiger partial charge in [0.1, 0.15) is 5.82 Å². The number of aldehydes is 1. The first-order valence-corrected chi connectivity index (χ1v) is 5.95. The second-order valence-electron chi connectivity index (χ2n) is 4.86. The molecule has 2 rings (SSSR count). The first kappa shape index (κ1) is 11.3. The molecule has 1 aliphatic carbocycles. The minimum absolute atomic E-state index is 0.160. The van der Waals surface area contributed by atoms with E-state index in [2.05, 4.69) is 6.92 Å². The van der Waals surface area contributed by atoms with Gasteiger partial charge < -0.3 is 0 Å². The molecule has 0 amide bonds. The van der Waals surface area contributed by atoms with Gasteiger partial charge in [-0.25, -0.2) is 4.39 Å². The Hall–Kier alpha value is -1.18. The summed E-state index contributed by atoms with van der Waals surface area (Å²) in [6, 6.07) is 5.02. The highest BCUT2D eigenvalue weighted by Gasteiger charge is 2.20. The molecule has 16 heavy (non-hydrogen) atoms. The SMILES string of the molecule is CC1CCC(c2ccc(C=O)c(F)c2)CC1. The summed E-state index contributed by atoms with van der Waals surface area (Å²) in [5.74, 6) is 0.896. The van der Waals surface area contributed by atoms with Crippen molar-refractivity contribution in [3.8, 4) is 0 Å². The lowest BCUT2D eigenvalue weighted by atomic mass is 9.79. The average molecular weight is 220 g/mol. The topological polar surface area (TPSA) is 17.1 Å². The number of carbonyl (C=O) groups excluding carboxylic acids is 1. The molecule has 1 fully saturated rings. The Bertz CT molecular complexity index is 378. The van der Waals surface area contributed by atoms with Crippen molar-refractivity contribution in [2.75, 3.05) is 0 Å². The van der Waals surface area contributed by atoms with E-state index < -0.39 is 0 Å². The number of carbonyl (C=O) groups is 1. The van der Waals surface area contributed by atoms with Gasteiger partial charge >= 0.3 is 0 Å². The third-order valence-electron chi connectivity index (χ3n) is 3.64. The lowest BCUT2D eigenvalue weighted by molar-refractivity contribution is 0.112. The van der Waals surface area contributed by atoms with Crippen LogP contribution in [0.5, 0.6) is 0 Å². The molecule has 2 heteroatoms.